The lowest BCUT2D eigenvalue weighted by atomic mass is 9.49. The lowest BCUT2D eigenvalue weighted by Crippen LogP contribution is -2.45. The Hall–Kier alpha value is 0. The van der Waals surface area contributed by atoms with Crippen LogP contribution in [0.2, 0.25) is 0 Å². The number of fused-ring (bicyclic) bond motifs is 6. The third kappa shape index (κ3) is 23.5. The summed E-state index contributed by atoms with van der Waals surface area (Å²) in [6.07, 6.45) is 84.7. The third-order valence-corrected chi connectivity index (χ3v) is 35.7. The summed E-state index contributed by atoms with van der Waals surface area (Å²) in [5, 5.41) is 0. The van der Waals surface area contributed by atoms with Crippen LogP contribution in [0.3, 0.4) is 0 Å². The molecule has 1 unspecified atom stereocenters. The Morgan fingerprint density at radius 1 is 0.283 bits per heavy atom. The first-order chi connectivity index (χ1) is 46.9. The van der Waals surface area contributed by atoms with Crippen molar-refractivity contribution in [3.63, 3.8) is 0 Å². The van der Waals surface area contributed by atoms with E-state index in [1.807, 2.05) is 0 Å². The normalized spacial score (nSPS) is 42.0. The summed E-state index contributed by atoms with van der Waals surface area (Å²) >= 11 is 0. The summed E-state index contributed by atoms with van der Waals surface area (Å²) in [5.41, 5.74) is 5.93. The van der Waals surface area contributed by atoms with Crippen LogP contribution in [0.4, 0.5) is 0 Å². The van der Waals surface area contributed by atoms with Gasteiger partial charge < -0.3 is 0 Å². The van der Waals surface area contributed by atoms with Crippen LogP contribution < -0.4 is 0 Å². The fourth-order valence-corrected chi connectivity index (χ4v) is 28.5. The van der Waals surface area contributed by atoms with Gasteiger partial charge in [-0.15, -0.1) is 0 Å². The van der Waals surface area contributed by atoms with Crippen molar-refractivity contribution in [3.05, 3.63) is 0 Å². The first-order valence-electron chi connectivity index (χ1n) is 46.9. The van der Waals surface area contributed by atoms with Crippen molar-refractivity contribution >= 4 is 0 Å². The van der Waals surface area contributed by atoms with E-state index in [1.54, 1.807) is 154 Å². The molecule has 0 saturated heterocycles. The topological polar surface area (TPSA) is 0 Å². The minimum Gasteiger partial charge on any atom is -0.0649 e. The van der Waals surface area contributed by atoms with Crippen LogP contribution >= 0.6 is 0 Å². The monoisotopic (exact) mass is 1370 g/mol. The van der Waals surface area contributed by atoms with Gasteiger partial charge in [0, 0.05) is 0 Å². The van der Waals surface area contributed by atoms with Gasteiger partial charge in [0.05, 0.1) is 0 Å². The smallest absolute Gasteiger partial charge is 0.0292 e. The van der Waals surface area contributed by atoms with Crippen LogP contribution in [-0.4, -0.2) is 0 Å². The van der Waals surface area contributed by atoms with Crippen LogP contribution in [0.25, 0.3) is 0 Å². The van der Waals surface area contributed by atoms with Gasteiger partial charge in [-0.25, -0.2) is 0 Å². The zero-order valence-electron chi connectivity index (χ0n) is 70.9. The number of hydrogen-bond donors (Lipinski definition) is 0. The highest BCUT2D eigenvalue weighted by atomic mass is 14.6. The molecule has 0 amide bonds. The van der Waals surface area contributed by atoms with Crippen LogP contribution in [0.15, 0.2) is 0 Å². The van der Waals surface area contributed by atoms with E-state index in [0.29, 0.717) is 16.2 Å². The van der Waals surface area contributed by atoms with Gasteiger partial charge in [0.2, 0.25) is 0 Å². The number of hydrogen-bond acceptors (Lipinski definition) is 0. The number of rotatable bonds is 2. The average Bonchev–Trinajstić information content (AvgIpc) is 1.10. The van der Waals surface area contributed by atoms with Crippen LogP contribution in [-0.2, 0) is 0 Å². The van der Waals surface area contributed by atoms with Gasteiger partial charge in [0.1, 0.15) is 0 Å². The quantitative estimate of drug-likeness (QED) is 0.259. The Balaban J connectivity index is 0.000000121. The van der Waals surface area contributed by atoms with E-state index in [-0.39, 0.29) is 0 Å². The van der Waals surface area contributed by atoms with Crippen molar-refractivity contribution in [3.8, 4) is 0 Å². The Morgan fingerprint density at radius 2 is 0.576 bits per heavy atom. The molecule has 22 fully saturated rings. The van der Waals surface area contributed by atoms with Gasteiger partial charge in [-0.05, 0) is 387 Å². The van der Waals surface area contributed by atoms with Gasteiger partial charge in [-0.1, -0.05) is 240 Å². The minimum absolute atomic E-state index is 0.500. The molecule has 576 valence electrons. The molecule has 3 spiro atoms. The highest BCUT2D eigenvalue weighted by molar-refractivity contribution is 5.02. The summed E-state index contributed by atoms with van der Waals surface area (Å²) in [5.74, 6) is 20.6. The predicted molar refractivity (Wildman–Crippen MR) is 436 cm³/mol. The first-order valence-corrected chi connectivity index (χ1v) is 46.9. The van der Waals surface area contributed by atoms with Crippen molar-refractivity contribution in [1.82, 2.24) is 0 Å². The molecule has 0 heterocycles. The molecule has 99 heavy (non-hydrogen) atoms. The lowest BCUT2D eigenvalue weighted by Gasteiger charge is -2.56. The molecule has 12 bridgehead atoms. The van der Waals surface area contributed by atoms with E-state index in [1.165, 1.54) is 199 Å². The molecule has 22 saturated carbocycles. The SMILES string of the molecule is CC(C)(C)C.CC12CC3CC(CC(C3)C1)C2.CC1C2CCC(CC2)[C@H]1C.CC1CCC(C2CCCCC2)CC1.CC1CCC2(CC1)CCC(C)(C)CC2.CC1CCC2(CCCC2)CC1.CC1CCC2(CCCCC2)CC1.CCC12CC3CC(CC(C3)C1)C2.C[C@@H]1C2CCC(CC2)C1(C)C. The molecule has 0 heteroatoms. The lowest BCUT2D eigenvalue weighted by molar-refractivity contribution is -0.0545. The largest absolute Gasteiger partial charge is 0.0649 e. The van der Waals surface area contributed by atoms with E-state index < -0.39 is 0 Å². The predicted octanol–water partition coefficient (Wildman–Crippen LogP) is 32.5. The second-order valence-corrected chi connectivity index (χ2v) is 46.5. The summed E-state index contributed by atoms with van der Waals surface area (Å²) < 4.78 is 0. The van der Waals surface area contributed by atoms with E-state index in [0.717, 1.165) is 140 Å². The van der Waals surface area contributed by atoms with Gasteiger partial charge in [-0.3, -0.25) is 0 Å². The Labute approximate surface area is 622 Å². The van der Waals surface area contributed by atoms with Crippen molar-refractivity contribution in [1.29, 1.82) is 0 Å². The molecule has 0 aromatic carbocycles. The van der Waals surface area contributed by atoms with Crippen molar-refractivity contribution < 1.29 is 0 Å². The molecule has 0 aromatic heterocycles. The van der Waals surface area contributed by atoms with Crippen molar-refractivity contribution in [2.75, 3.05) is 0 Å². The molecular formula is C99H180. The van der Waals surface area contributed by atoms with Crippen LogP contribution in [0.1, 0.15) is 471 Å². The van der Waals surface area contributed by atoms with E-state index >= 15 is 0 Å². The summed E-state index contributed by atoms with van der Waals surface area (Å²) in [7, 11) is 0. The Morgan fingerprint density at radius 3 is 0.889 bits per heavy atom. The molecule has 0 aromatic rings. The summed E-state index contributed by atoms with van der Waals surface area (Å²) in [6.45, 7) is 40.7. The van der Waals surface area contributed by atoms with E-state index in [4.69, 9.17) is 0 Å². The molecule has 0 radical (unpaired) electrons. The van der Waals surface area contributed by atoms with Gasteiger partial charge in [0.15, 0.2) is 0 Å². The van der Waals surface area contributed by atoms with E-state index in [2.05, 4.69) is 118 Å². The van der Waals surface area contributed by atoms with Crippen LogP contribution in [0.5, 0.6) is 0 Å². The van der Waals surface area contributed by atoms with Crippen molar-refractivity contribution in [2.24, 2.45) is 156 Å². The van der Waals surface area contributed by atoms with Gasteiger partial charge >= 0.3 is 0 Å². The fourth-order valence-electron chi connectivity index (χ4n) is 28.5. The minimum atomic E-state index is 0.500. The molecule has 22 rings (SSSR count). The molecule has 0 N–H and O–H groups in total. The zero-order chi connectivity index (χ0) is 70.9. The maximum absolute atomic E-state index is 2.54. The highest BCUT2D eigenvalue weighted by Gasteiger charge is 2.51. The Bertz CT molecular complexity index is 2130. The summed E-state index contributed by atoms with van der Waals surface area (Å²) in [6, 6.07) is 0. The zero-order valence-corrected chi connectivity index (χ0v) is 70.9. The third-order valence-electron chi connectivity index (χ3n) is 35.7. The highest BCUT2D eigenvalue weighted by Crippen LogP contribution is 2.63. The van der Waals surface area contributed by atoms with Gasteiger partial charge in [0.25, 0.3) is 0 Å². The molecule has 22 aliphatic rings. The molecule has 3 atom stereocenters. The van der Waals surface area contributed by atoms with Gasteiger partial charge in [-0.2, -0.15) is 0 Å². The maximum Gasteiger partial charge on any atom is -0.0292 e. The second-order valence-electron chi connectivity index (χ2n) is 46.5. The molecule has 0 aliphatic heterocycles. The second kappa shape index (κ2) is 36.0. The average molecular weight is 1370 g/mol. The first kappa shape index (κ1) is 81.5. The molecular weight excluding hydrogens is 1190 g/mol. The summed E-state index contributed by atoms with van der Waals surface area (Å²) in [4.78, 5) is 0. The molecule has 0 nitrogen and oxygen atoms in total. The fraction of sp³-hybridized carbons (Fsp3) is 1.00. The Kier molecular flexibility index (Phi) is 29.7. The van der Waals surface area contributed by atoms with Crippen LogP contribution in [0, 0.1) is 156 Å². The van der Waals surface area contributed by atoms with Crippen molar-refractivity contribution in [2.45, 2.75) is 471 Å². The standard InChI is InChI=1S/C14H26.C13H24.C12H20.C12H22.C11H18.2C11H20.C10H18.C5H12/c1-12-4-6-14(7-5-12)10-8-13(2,3)9-11-14;1-11-7-9-13(10-8-11)12-5-3-2-4-6-12;1-2-12-6-9-3-10(7-12)5-11(4-9)8-12;1-11-5-9-12(10-6-11)7-3-2-4-8-12;1-11-5-8-2-9(6-11)4-10(3-8)7-11;1-8-9-4-6-10(7-5-9)11(8,2)3;1-10-4-8-11(9-5-10)6-2-3-7-11;1-7-8(2)10-5-3-9(7)4-6-10;1-5(2,3)4/h12H,4-11H2,1-3H3;11-13H,2-10H2,1H3;9-11H,2-8H2,1H3;11H,2-10H2,1H3;8-10H,2-7H2,1H3;8-10H,4-7H2,1-3H3;10H,2-9H2,1H3;7-10H,3-6H2,1-2H3;1-4H3/t;;;;;8-,9?,10?;;7-,8?,9?,10?;/m.....1.0./s1. The molecule has 22 aliphatic carbocycles. The van der Waals surface area contributed by atoms with E-state index in [9.17, 15) is 0 Å². The maximum atomic E-state index is 2.54.